The van der Waals surface area contributed by atoms with Crippen LogP contribution in [0.2, 0.25) is 5.02 Å². The largest absolute Gasteiger partial charge is 0.355 e. The number of hydrogen-bond donors (Lipinski definition) is 0. The molecule has 2 aromatic heterocycles. The number of nitrogens with zero attached hydrogens (tertiary/aromatic N) is 5. The summed E-state index contributed by atoms with van der Waals surface area (Å²) in [4.78, 5) is 38.1. The van der Waals surface area contributed by atoms with Gasteiger partial charge in [-0.3, -0.25) is 4.79 Å². The van der Waals surface area contributed by atoms with Crippen LogP contribution in [-0.2, 0) is 14.6 Å². The molecule has 0 N–H and O–H groups in total. The van der Waals surface area contributed by atoms with Crippen LogP contribution in [0.1, 0.15) is 12.5 Å². The van der Waals surface area contributed by atoms with Gasteiger partial charge in [0.2, 0.25) is 5.91 Å². The highest BCUT2D eigenvalue weighted by atomic mass is 35.5. The second kappa shape index (κ2) is 10.9. The van der Waals surface area contributed by atoms with Gasteiger partial charge in [-0.2, -0.15) is 4.98 Å². The number of halogens is 3. The number of fused-ring (bicyclic) bond motifs is 1. The van der Waals surface area contributed by atoms with Crippen molar-refractivity contribution in [1.29, 1.82) is 0 Å². The van der Waals surface area contributed by atoms with Gasteiger partial charge >= 0.3 is 5.69 Å². The first-order valence-electron chi connectivity index (χ1n) is 12.9. The number of pyridine rings is 1. The molecule has 0 bridgehead atoms. The highest BCUT2D eigenvalue weighted by Gasteiger charge is 2.31. The van der Waals surface area contributed by atoms with Gasteiger partial charge in [-0.05, 0) is 43.7 Å². The minimum absolute atomic E-state index is 0.0129. The van der Waals surface area contributed by atoms with E-state index in [1.807, 2.05) is 6.92 Å². The summed E-state index contributed by atoms with van der Waals surface area (Å²) in [6, 6.07) is 9.18. The molecule has 4 aromatic rings. The Balaban J connectivity index is 1.85. The molecule has 1 aliphatic rings. The number of amides is 1. The zero-order valence-corrected chi connectivity index (χ0v) is 24.5. The number of benzene rings is 2. The smallest absolute Gasteiger partial charge is 0.350 e. The lowest BCUT2D eigenvalue weighted by molar-refractivity contribution is -0.126. The van der Waals surface area contributed by atoms with E-state index in [-0.39, 0.29) is 62.2 Å². The van der Waals surface area contributed by atoms with Crippen molar-refractivity contribution >= 4 is 44.2 Å². The van der Waals surface area contributed by atoms with Gasteiger partial charge in [-0.1, -0.05) is 42.4 Å². The van der Waals surface area contributed by atoms with E-state index in [1.165, 1.54) is 24.3 Å². The van der Waals surface area contributed by atoms with Crippen LogP contribution in [0, 0.1) is 18.6 Å². The third kappa shape index (κ3) is 5.05. The predicted octanol–water partition coefficient (Wildman–Crippen LogP) is 4.31. The number of para-hydroxylation sites is 1. The Hall–Kier alpha value is -4.16. The molecule has 1 saturated heterocycles. The highest BCUT2D eigenvalue weighted by Crippen LogP contribution is 2.36. The first kappa shape index (κ1) is 29.3. The fourth-order valence-corrected chi connectivity index (χ4v) is 6.37. The summed E-state index contributed by atoms with van der Waals surface area (Å²) >= 11 is 6.18. The number of aryl methyl sites for hydroxylation is 1. The molecule has 9 nitrogen and oxygen atoms in total. The van der Waals surface area contributed by atoms with Crippen molar-refractivity contribution in [3.63, 3.8) is 0 Å². The Morgan fingerprint density at radius 2 is 1.83 bits per heavy atom. The third-order valence-corrected chi connectivity index (χ3v) is 8.73. The molecule has 218 valence electrons. The molecule has 0 spiro atoms. The third-order valence-electron chi connectivity index (χ3n) is 7.22. The van der Waals surface area contributed by atoms with E-state index in [0.29, 0.717) is 18.7 Å². The Bertz CT molecular complexity index is 1950. The van der Waals surface area contributed by atoms with Crippen molar-refractivity contribution in [3.8, 4) is 16.9 Å². The monoisotopic (exact) mass is 613 g/mol. The van der Waals surface area contributed by atoms with E-state index < -0.39 is 27.2 Å². The molecule has 3 heterocycles. The maximum absolute atomic E-state index is 15.8. The zero-order valence-electron chi connectivity index (χ0n) is 22.9. The molecule has 13 heteroatoms. The first-order chi connectivity index (χ1) is 19.8. The first-order valence-corrected chi connectivity index (χ1v) is 15.2. The maximum Gasteiger partial charge on any atom is 0.355 e. The Morgan fingerprint density at radius 1 is 1.12 bits per heavy atom. The maximum atomic E-state index is 15.8. The number of hydrogen-bond acceptors (Lipinski definition) is 7. The lowest BCUT2D eigenvalue weighted by atomic mass is 10.1. The van der Waals surface area contributed by atoms with Gasteiger partial charge in [-0.15, -0.1) is 0 Å². The van der Waals surface area contributed by atoms with E-state index >= 15 is 4.39 Å². The van der Waals surface area contributed by atoms with Gasteiger partial charge in [0.05, 0.1) is 21.0 Å². The Kier molecular flexibility index (Phi) is 7.62. The second-order valence-corrected chi connectivity index (χ2v) is 12.4. The minimum atomic E-state index is -3.84. The van der Waals surface area contributed by atoms with Crippen LogP contribution in [0.25, 0.3) is 28.0 Å². The molecular formula is C29H26ClF2N5O4S. The molecule has 5 rings (SSSR count). The summed E-state index contributed by atoms with van der Waals surface area (Å²) < 4.78 is 56.8. The number of carbonyl (C=O) groups excluding carboxylic acids is 1. The minimum Gasteiger partial charge on any atom is -0.350 e. The van der Waals surface area contributed by atoms with Gasteiger partial charge in [0.1, 0.15) is 23.1 Å². The van der Waals surface area contributed by atoms with Crippen LogP contribution in [0.3, 0.4) is 0 Å². The summed E-state index contributed by atoms with van der Waals surface area (Å²) in [6.07, 6.45) is 2.23. The van der Waals surface area contributed by atoms with Gasteiger partial charge in [0.25, 0.3) is 0 Å². The molecule has 0 saturated carbocycles. The van der Waals surface area contributed by atoms with Crippen LogP contribution < -0.4 is 10.6 Å². The SMILES string of the molecule is C=CC(=O)N1CCN(c2nc(=O)n(-c3c(C)cccc3S(C)(=O)=O)c3nc(-c4cccc(F)c4Cl)c(F)cc23)[C@@H](C)C1. The van der Waals surface area contributed by atoms with Crippen LogP contribution in [-0.4, -0.2) is 65.7 Å². The van der Waals surface area contributed by atoms with E-state index in [0.717, 1.165) is 23.0 Å². The predicted molar refractivity (Wildman–Crippen MR) is 157 cm³/mol. The Morgan fingerprint density at radius 3 is 2.50 bits per heavy atom. The molecule has 2 aromatic carbocycles. The number of aromatic nitrogens is 3. The number of sulfone groups is 1. The number of rotatable bonds is 5. The average Bonchev–Trinajstić information content (AvgIpc) is 2.93. The zero-order chi connectivity index (χ0) is 30.5. The summed E-state index contributed by atoms with van der Waals surface area (Å²) in [5.41, 5.74) is -0.898. The molecule has 0 aliphatic carbocycles. The van der Waals surface area contributed by atoms with Gasteiger partial charge < -0.3 is 9.80 Å². The highest BCUT2D eigenvalue weighted by molar-refractivity contribution is 7.90. The quantitative estimate of drug-likeness (QED) is 0.309. The van der Waals surface area contributed by atoms with E-state index in [2.05, 4.69) is 16.5 Å². The molecule has 1 amide bonds. The molecule has 0 radical (unpaired) electrons. The molecule has 1 fully saturated rings. The van der Waals surface area contributed by atoms with Crippen molar-refractivity contribution in [2.75, 3.05) is 30.8 Å². The number of carbonyl (C=O) groups is 1. The van der Waals surface area contributed by atoms with E-state index in [9.17, 15) is 22.4 Å². The average molecular weight is 614 g/mol. The van der Waals surface area contributed by atoms with Crippen molar-refractivity contribution in [1.82, 2.24) is 19.4 Å². The number of piperazine rings is 1. The van der Waals surface area contributed by atoms with Crippen LogP contribution in [0.15, 0.2) is 64.8 Å². The molecule has 42 heavy (non-hydrogen) atoms. The molecule has 1 aliphatic heterocycles. The van der Waals surface area contributed by atoms with E-state index in [4.69, 9.17) is 11.6 Å². The lowest BCUT2D eigenvalue weighted by Crippen LogP contribution is -2.54. The summed E-state index contributed by atoms with van der Waals surface area (Å²) in [7, 11) is -3.84. The number of anilines is 1. The lowest BCUT2D eigenvalue weighted by Gasteiger charge is -2.40. The van der Waals surface area contributed by atoms with Crippen molar-refractivity contribution in [2.45, 2.75) is 24.8 Å². The summed E-state index contributed by atoms with van der Waals surface area (Å²) in [6.45, 7) is 7.84. The normalized spacial score (nSPS) is 15.7. The standard InChI is InChI=1S/C29H26ClF2N5O4S/c1-5-23(38)35-12-13-36(17(3)15-35)27-19-14-21(32)25(18-9-7-10-20(31)24(18)30)33-28(19)37(29(39)34-27)26-16(2)8-6-11-22(26)42(4,40)41/h5-11,14,17H,1,12-13,15H2,2-4H3/t17-/m0/s1. The summed E-state index contributed by atoms with van der Waals surface area (Å²) in [5, 5.41) is -0.253. The fraction of sp³-hybridized carbons (Fsp3) is 0.241. The van der Waals surface area contributed by atoms with Crippen LogP contribution >= 0.6 is 11.6 Å². The second-order valence-electron chi connectivity index (χ2n) is 10.1. The molecular weight excluding hydrogens is 588 g/mol. The van der Waals surface area contributed by atoms with Gasteiger partial charge in [0, 0.05) is 37.5 Å². The van der Waals surface area contributed by atoms with Crippen molar-refractivity contribution < 1.29 is 22.0 Å². The van der Waals surface area contributed by atoms with Crippen LogP contribution in [0.4, 0.5) is 14.6 Å². The summed E-state index contributed by atoms with van der Waals surface area (Å²) in [5.74, 6) is -1.78. The van der Waals surface area contributed by atoms with Crippen LogP contribution in [0.5, 0.6) is 0 Å². The Labute approximate surface area is 245 Å². The van der Waals surface area contributed by atoms with Crippen molar-refractivity contribution in [2.24, 2.45) is 0 Å². The molecule has 0 unspecified atom stereocenters. The van der Waals surface area contributed by atoms with E-state index in [1.54, 1.807) is 28.9 Å². The fourth-order valence-electron chi connectivity index (χ4n) is 5.22. The van der Waals surface area contributed by atoms with Gasteiger partial charge in [-0.25, -0.2) is 31.5 Å². The topological polar surface area (TPSA) is 105 Å². The van der Waals surface area contributed by atoms with Crippen molar-refractivity contribution in [3.05, 3.63) is 87.8 Å². The molecule has 1 atom stereocenters. The van der Waals surface area contributed by atoms with Gasteiger partial charge in [0.15, 0.2) is 15.5 Å².